The Labute approximate surface area is 110 Å². The highest BCUT2D eigenvalue weighted by Gasteiger charge is 2.42. The summed E-state index contributed by atoms with van der Waals surface area (Å²) in [6.07, 6.45) is 1.34. The molecule has 0 aliphatic carbocycles. The molecule has 2 heterocycles. The van der Waals surface area contributed by atoms with Gasteiger partial charge < -0.3 is 0 Å². The van der Waals surface area contributed by atoms with Gasteiger partial charge in [-0.2, -0.15) is 0 Å². The molecule has 86 valence electrons. The summed E-state index contributed by atoms with van der Waals surface area (Å²) in [4.78, 5) is 1.58. The first kappa shape index (κ1) is 11.4. The summed E-state index contributed by atoms with van der Waals surface area (Å²) >= 11 is 6.43. The van der Waals surface area contributed by atoms with Crippen LogP contribution in [0, 0.1) is 13.8 Å². The lowest BCUT2D eigenvalue weighted by atomic mass is 10.00. The molecule has 1 spiro atoms. The molecule has 1 aromatic carbocycles. The van der Waals surface area contributed by atoms with E-state index in [9.17, 15) is 0 Å². The molecule has 0 radical (unpaired) electrons. The Hall–Kier alpha value is 0.270. The molecule has 3 heteroatoms. The van der Waals surface area contributed by atoms with Gasteiger partial charge in [0, 0.05) is 22.2 Å². The van der Waals surface area contributed by atoms with Crippen molar-refractivity contribution >= 4 is 35.3 Å². The van der Waals surface area contributed by atoms with E-state index in [0.29, 0.717) is 4.08 Å². The van der Waals surface area contributed by atoms with Gasteiger partial charge in [0.15, 0.2) is 0 Å². The van der Waals surface area contributed by atoms with Crippen LogP contribution in [-0.2, 0) is 4.08 Å². The quantitative estimate of drug-likeness (QED) is 0.683. The summed E-state index contributed by atoms with van der Waals surface area (Å²) in [6, 6.07) is 4.59. The molecule has 3 rings (SSSR count). The molecule has 0 aromatic heterocycles. The molecule has 0 bridgehead atoms. The summed E-state index contributed by atoms with van der Waals surface area (Å²) in [6.45, 7) is 4.54. The number of rotatable bonds is 0. The molecule has 0 unspecified atom stereocenters. The van der Waals surface area contributed by atoms with Gasteiger partial charge in [0.1, 0.15) is 0 Å². The van der Waals surface area contributed by atoms with E-state index in [1.54, 1.807) is 10.5 Å². The van der Waals surface area contributed by atoms with Crippen LogP contribution in [0.15, 0.2) is 17.0 Å². The lowest BCUT2D eigenvalue weighted by Gasteiger charge is -2.36. The predicted molar refractivity (Wildman–Crippen MR) is 77.9 cm³/mol. The van der Waals surface area contributed by atoms with Crippen LogP contribution in [-0.4, -0.2) is 17.3 Å². The summed E-state index contributed by atoms with van der Waals surface area (Å²) in [7, 11) is 0. The summed E-state index contributed by atoms with van der Waals surface area (Å²) in [5, 5.41) is 0. The third-order valence-corrected chi connectivity index (χ3v) is 8.13. The zero-order valence-corrected chi connectivity index (χ0v) is 12.2. The van der Waals surface area contributed by atoms with E-state index in [0.717, 1.165) is 0 Å². The molecule has 0 N–H and O–H groups in total. The number of aryl methyl sites for hydroxylation is 2. The van der Waals surface area contributed by atoms with E-state index in [1.165, 1.54) is 34.8 Å². The van der Waals surface area contributed by atoms with Crippen LogP contribution in [0.4, 0.5) is 0 Å². The molecule has 0 nitrogen and oxygen atoms in total. The monoisotopic (exact) mass is 268 g/mol. The molecule has 1 fully saturated rings. The highest BCUT2D eigenvalue weighted by molar-refractivity contribution is 8.20. The van der Waals surface area contributed by atoms with Crippen molar-refractivity contribution in [1.82, 2.24) is 0 Å². The van der Waals surface area contributed by atoms with E-state index in [1.807, 2.05) is 0 Å². The number of hydrogen-bond donors (Lipinski definition) is 0. The third kappa shape index (κ3) is 1.63. The van der Waals surface area contributed by atoms with Gasteiger partial charge in [0.2, 0.25) is 0 Å². The second kappa shape index (κ2) is 4.18. The Balaban J connectivity index is 2.20. The van der Waals surface area contributed by atoms with Crippen molar-refractivity contribution in [2.75, 3.05) is 17.3 Å². The van der Waals surface area contributed by atoms with Gasteiger partial charge in [-0.3, -0.25) is 0 Å². The van der Waals surface area contributed by atoms with Gasteiger partial charge in [-0.15, -0.1) is 35.3 Å². The Morgan fingerprint density at radius 1 is 1.00 bits per heavy atom. The summed E-state index contributed by atoms with van der Waals surface area (Å²) in [5.41, 5.74) is 4.61. The Morgan fingerprint density at radius 3 is 2.44 bits per heavy atom. The van der Waals surface area contributed by atoms with Crippen molar-refractivity contribution in [3.05, 3.63) is 28.8 Å². The second-order valence-electron chi connectivity index (χ2n) is 4.45. The standard InChI is InChI=1S/C13H16S3/c1-9-3-4-10(2)12-11(9)13(5-6-14-12)15-7-8-16-13/h3-4H,5-8H2,1-2H3. The van der Waals surface area contributed by atoms with Gasteiger partial charge in [-0.1, -0.05) is 12.1 Å². The minimum atomic E-state index is 0.399. The number of thioether (sulfide) groups is 3. The van der Waals surface area contributed by atoms with Crippen molar-refractivity contribution in [2.45, 2.75) is 29.2 Å². The van der Waals surface area contributed by atoms with Crippen LogP contribution in [0.3, 0.4) is 0 Å². The number of hydrogen-bond acceptors (Lipinski definition) is 3. The highest BCUT2D eigenvalue weighted by Crippen LogP contribution is 2.60. The Bertz CT molecular complexity index is 419. The minimum Gasteiger partial charge on any atom is -0.138 e. The van der Waals surface area contributed by atoms with Gasteiger partial charge >= 0.3 is 0 Å². The van der Waals surface area contributed by atoms with Crippen LogP contribution in [0.1, 0.15) is 23.1 Å². The van der Waals surface area contributed by atoms with Crippen molar-refractivity contribution < 1.29 is 0 Å². The third-order valence-electron chi connectivity index (χ3n) is 3.38. The molecule has 2 aliphatic heterocycles. The highest BCUT2D eigenvalue weighted by atomic mass is 32.2. The van der Waals surface area contributed by atoms with Crippen LogP contribution in [0.2, 0.25) is 0 Å². The van der Waals surface area contributed by atoms with Crippen LogP contribution < -0.4 is 0 Å². The van der Waals surface area contributed by atoms with Gasteiger partial charge in [0.05, 0.1) is 4.08 Å². The minimum absolute atomic E-state index is 0.399. The van der Waals surface area contributed by atoms with Crippen molar-refractivity contribution in [3.63, 3.8) is 0 Å². The molecule has 0 saturated carbocycles. The maximum absolute atomic E-state index is 2.31. The average Bonchev–Trinajstić information content (AvgIpc) is 2.73. The van der Waals surface area contributed by atoms with Gasteiger partial charge in [0.25, 0.3) is 0 Å². The van der Waals surface area contributed by atoms with E-state index >= 15 is 0 Å². The van der Waals surface area contributed by atoms with E-state index < -0.39 is 0 Å². The average molecular weight is 268 g/mol. The first-order chi connectivity index (χ1) is 7.73. The molecular formula is C13H16S3. The fourth-order valence-electron chi connectivity index (χ4n) is 2.60. The maximum atomic E-state index is 2.31. The smallest absolute Gasteiger partial charge is 0.0882 e. The summed E-state index contributed by atoms with van der Waals surface area (Å²) in [5.74, 6) is 3.93. The van der Waals surface area contributed by atoms with Crippen LogP contribution >= 0.6 is 35.3 Å². The zero-order valence-electron chi connectivity index (χ0n) is 9.71. The molecule has 2 aliphatic rings. The molecule has 0 atom stereocenters. The maximum Gasteiger partial charge on any atom is 0.0882 e. The van der Waals surface area contributed by atoms with Gasteiger partial charge in [-0.25, -0.2) is 0 Å². The molecule has 16 heavy (non-hydrogen) atoms. The van der Waals surface area contributed by atoms with E-state index in [4.69, 9.17) is 0 Å². The van der Waals surface area contributed by atoms with Crippen molar-refractivity contribution in [2.24, 2.45) is 0 Å². The zero-order chi connectivity index (χ0) is 11.2. The van der Waals surface area contributed by atoms with Crippen LogP contribution in [0.5, 0.6) is 0 Å². The SMILES string of the molecule is Cc1ccc(C)c2c1SCCC21SCCS1. The first-order valence-electron chi connectivity index (χ1n) is 5.74. The number of benzene rings is 1. The normalized spacial score (nSPS) is 22.4. The largest absolute Gasteiger partial charge is 0.138 e. The second-order valence-corrected chi connectivity index (χ2v) is 8.60. The Morgan fingerprint density at radius 2 is 1.69 bits per heavy atom. The topological polar surface area (TPSA) is 0 Å². The lowest BCUT2D eigenvalue weighted by Crippen LogP contribution is -2.22. The molecule has 1 aromatic rings. The fourth-order valence-corrected chi connectivity index (χ4v) is 7.84. The number of fused-ring (bicyclic) bond motifs is 2. The fraction of sp³-hybridized carbons (Fsp3) is 0.538. The first-order valence-corrected chi connectivity index (χ1v) is 8.70. The molecule has 0 amide bonds. The van der Waals surface area contributed by atoms with Crippen molar-refractivity contribution in [1.29, 1.82) is 0 Å². The van der Waals surface area contributed by atoms with E-state index in [-0.39, 0.29) is 0 Å². The Kier molecular flexibility index (Phi) is 2.97. The molecular weight excluding hydrogens is 252 g/mol. The van der Waals surface area contributed by atoms with Gasteiger partial charge in [-0.05, 0) is 37.0 Å². The predicted octanol–water partition coefficient (Wildman–Crippen LogP) is 4.43. The molecule has 1 saturated heterocycles. The van der Waals surface area contributed by atoms with E-state index in [2.05, 4.69) is 61.3 Å². The lowest BCUT2D eigenvalue weighted by molar-refractivity contribution is 0.799. The summed E-state index contributed by atoms with van der Waals surface area (Å²) < 4.78 is 0.399. The van der Waals surface area contributed by atoms with Crippen LogP contribution in [0.25, 0.3) is 0 Å². The van der Waals surface area contributed by atoms with Crippen molar-refractivity contribution in [3.8, 4) is 0 Å².